The largest absolute Gasteiger partial charge is 0.480 e. The maximum atomic E-state index is 8.51. The number of hydrogen-bond acceptors (Lipinski definition) is 4. The molecule has 13 heavy (non-hydrogen) atoms. The summed E-state index contributed by atoms with van der Waals surface area (Å²) in [6.45, 7) is 1.83. The van der Waals surface area contributed by atoms with Gasteiger partial charge in [-0.1, -0.05) is 5.16 Å². The second kappa shape index (κ2) is 3.75. The number of nitrogens with zero attached hydrogens (tertiary/aromatic N) is 2. The van der Waals surface area contributed by atoms with Gasteiger partial charge in [0.1, 0.15) is 0 Å². The Morgan fingerprint density at radius 3 is 2.92 bits per heavy atom. The summed E-state index contributed by atoms with van der Waals surface area (Å²) in [5.74, 6) is 0.359. The van der Waals surface area contributed by atoms with Crippen LogP contribution in [0.1, 0.15) is 11.1 Å². The maximum Gasteiger partial charge on any atom is 0.224 e. The van der Waals surface area contributed by atoms with Crippen molar-refractivity contribution < 1.29 is 9.94 Å². The van der Waals surface area contributed by atoms with E-state index in [4.69, 9.17) is 15.7 Å². The summed E-state index contributed by atoms with van der Waals surface area (Å²) < 4.78 is 4.97. The van der Waals surface area contributed by atoms with E-state index < -0.39 is 0 Å². The quantitative estimate of drug-likeness (QED) is 0.301. The summed E-state index contributed by atoms with van der Waals surface area (Å²) in [5, 5.41) is 11.4. The first-order valence-corrected chi connectivity index (χ1v) is 3.68. The van der Waals surface area contributed by atoms with E-state index in [9.17, 15) is 0 Å². The van der Waals surface area contributed by atoms with Crippen molar-refractivity contribution in [1.82, 2.24) is 4.98 Å². The van der Waals surface area contributed by atoms with Gasteiger partial charge in [0.05, 0.1) is 12.7 Å². The van der Waals surface area contributed by atoms with Crippen molar-refractivity contribution in [3.05, 3.63) is 23.4 Å². The number of aryl methyl sites for hydroxylation is 1. The Morgan fingerprint density at radius 1 is 1.69 bits per heavy atom. The normalized spacial score (nSPS) is 11.4. The minimum atomic E-state index is 0.00227. The first kappa shape index (κ1) is 9.31. The van der Waals surface area contributed by atoms with E-state index in [-0.39, 0.29) is 5.84 Å². The van der Waals surface area contributed by atoms with Crippen LogP contribution in [-0.2, 0) is 0 Å². The maximum absolute atomic E-state index is 8.51. The number of methoxy groups -OCH3 is 1. The first-order chi connectivity index (χ1) is 6.20. The minimum absolute atomic E-state index is 0.00227. The lowest BCUT2D eigenvalue weighted by molar-refractivity contribution is 0.318. The molecular weight excluding hydrogens is 170 g/mol. The molecule has 0 bridgehead atoms. The summed E-state index contributed by atoms with van der Waals surface area (Å²) in [6, 6.07) is 1.76. The Labute approximate surface area is 75.8 Å². The van der Waals surface area contributed by atoms with Crippen molar-refractivity contribution in [3.8, 4) is 5.88 Å². The van der Waals surface area contributed by atoms with Gasteiger partial charge in [0, 0.05) is 6.20 Å². The number of hydrogen-bond donors (Lipinski definition) is 2. The van der Waals surface area contributed by atoms with Crippen LogP contribution in [0, 0.1) is 6.92 Å². The number of nitrogens with two attached hydrogens (primary N) is 1. The van der Waals surface area contributed by atoms with E-state index >= 15 is 0 Å². The number of oxime groups is 1. The standard InChI is InChI=1S/C8H11N3O2/c1-5-3-4-10-8(13-2)6(5)7(9)11-12/h3-4,12H,1-2H3,(H2,9,11). The fraction of sp³-hybridized carbons (Fsp3) is 0.250. The Morgan fingerprint density at radius 2 is 2.38 bits per heavy atom. The van der Waals surface area contributed by atoms with E-state index in [1.807, 2.05) is 6.92 Å². The number of pyridine rings is 1. The summed E-state index contributed by atoms with van der Waals surface area (Å²) in [7, 11) is 1.48. The van der Waals surface area contributed by atoms with E-state index in [0.29, 0.717) is 11.4 Å². The Kier molecular flexibility index (Phi) is 2.69. The Balaban J connectivity index is 3.31. The molecule has 5 heteroatoms. The second-order valence-corrected chi connectivity index (χ2v) is 2.50. The van der Waals surface area contributed by atoms with Gasteiger partial charge < -0.3 is 15.7 Å². The van der Waals surface area contributed by atoms with Crippen LogP contribution in [0.5, 0.6) is 5.88 Å². The molecule has 1 aromatic rings. The van der Waals surface area contributed by atoms with Gasteiger partial charge in [0.2, 0.25) is 5.88 Å². The molecule has 0 spiro atoms. The Hall–Kier alpha value is -1.78. The fourth-order valence-electron chi connectivity index (χ4n) is 1.05. The monoisotopic (exact) mass is 181 g/mol. The zero-order chi connectivity index (χ0) is 9.84. The molecule has 0 amide bonds. The summed E-state index contributed by atoms with van der Waals surface area (Å²) in [4.78, 5) is 3.93. The van der Waals surface area contributed by atoms with Crippen molar-refractivity contribution in [2.24, 2.45) is 10.9 Å². The van der Waals surface area contributed by atoms with E-state index in [2.05, 4.69) is 10.1 Å². The fourth-order valence-corrected chi connectivity index (χ4v) is 1.05. The van der Waals surface area contributed by atoms with Crippen LogP contribution in [-0.4, -0.2) is 23.1 Å². The SMILES string of the molecule is COc1nccc(C)c1/C(N)=N/O. The van der Waals surface area contributed by atoms with E-state index in [0.717, 1.165) is 5.56 Å². The highest BCUT2D eigenvalue weighted by Gasteiger charge is 2.11. The van der Waals surface area contributed by atoms with Crippen LogP contribution in [0.25, 0.3) is 0 Å². The molecule has 0 saturated carbocycles. The van der Waals surface area contributed by atoms with Crippen LogP contribution >= 0.6 is 0 Å². The zero-order valence-corrected chi connectivity index (χ0v) is 7.48. The molecule has 0 aromatic carbocycles. The van der Waals surface area contributed by atoms with Crippen LogP contribution in [0.2, 0.25) is 0 Å². The Bertz CT molecular complexity index is 336. The van der Waals surface area contributed by atoms with E-state index in [1.54, 1.807) is 12.3 Å². The molecule has 5 nitrogen and oxygen atoms in total. The molecule has 1 aromatic heterocycles. The van der Waals surface area contributed by atoms with Crippen molar-refractivity contribution in [1.29, 1.82) is 0 Å². The molecule has 0 radical (unpaired) electrons. The molecule has 0 aliphatic carbocycles. The lowest BCUT2D eigenvalue weighted by atomic mass is 10.1. The van der Waals surface area contributed by atoms with Crippen LogP contribution < -0.4 is 10.5 Å². The van der Waals surface area contributed by atoms with Crippen molar-refractivity contribution in [3.63, 3.8) is 0 Å². The number of amidine groups is 1. The van der Waals surface area contributed by atoms with Crippen LogP contribution in [0.3, 0.4) is 0 Å². The summed E-state index contributed by atoms with van der Waals surface area (Å²) in [5.41, 5.74) is 6.82. The van der Waals surface area contributed by atoms with Crippen molar-refractivity contribution in [2.75, 3.05) is 7.11 Å². The number of ether oxygens (including phenoxy) is 1. The molecule has 0 aliphatic heterocycles. The van der Waals surface area contributed by atoms with Gasteiger partial charge in [0.25, 0.3) is 0 Å². The molecular formula is C8H11N3O2. The smallest absolute Gasteiger partial charge is 0.224 e. The zero-order valence-electron chi connectivity index (χ0n) is 7.48. The average Bonchev–Trinajstić information content (AvgIpc) is 2.16. The van der Waals surface area contributed by atoms with Crippen LogP contribution in [0.15, 0.2) is 17.4 Å². The van der Waals surface area contributed by atoms with Gasteiger partial charge in [-0.2, -0.15) is 0 Å². The predicted octanol–water partition coefficient (Wildman–Crippen LogP) is 0.493. The van der Waals surface area contributed by atoms with E-state index in [1.165, 1.54) is 7.11 Å². The molecule has 0 aliphatic rings. The molecule has 3 N–H and O–H groups in total. The number of aromatic nitrogens is 1. The van der Waals surface area contributed by atoms with Crippen molar-refractivity contribution in [2.45, 2.75) is 6.92 Å². The first-order valence-electron chi connectivity index (χ1n) is 3.68. The molecule has 1 rings (SSSR count). The lowest BCUT2D eigenvalue weighted by Gasteiger charge is -2.07. The van der Waals surface area contributed by atoms with Crippen LogP contribution in [0.4, 0.5) is 0 Å². The molecule has 70 valence electrons. The third kappa shape index (κ3) is 1.69. The molecule has 0 unspecified atom stereocenters. The van der Waals surface area contributed by atoms with Gasteiger partial charge in [-0.15, -0.1) is 0 Å². The number of rotatable bonds is 2. The molecule has 0 saturated heterocycles. The molecule has 0 fully saturated rings. The van der Waals surface area contributed by atoms with Gasteiger partial charge in [-0.05, 0) is 18.6 Å². The highest BCUT2D eigenvalue weighted by Crippen LogP contribution is 2.17. The van der Waals surface area contributed by atoms with Gasteiger partial charge in [-0.3, -0.25) is 0 Å². The topological polar surface area (TPSA) is 80.7 Å². The van der Waals surface area contributed by atoms with Gasteiger partial charge in [-0.25, -0.2) is 4.98 Å². The van der Waals surface area contributed by atoms with Gasteiger partial charge in [0.15, 0.2) is 5.84 Å². The summed E-state index contributed by atoms with van der Waals surface area (Å²) in [6.07, 6.45) is 1.60. The third-order valence-electron chi connectivity index (χ3n) is 1.68. The molecule has 0 atom stereocenters. The predicted molar refractivity (Wildman–Crippen MR) is 48.0 cm³/mol. The highest BCUT2D eigenvalue weighted by molar-refractivity contribution is 6.00. The third-order valence-corrected chi connectivity index (χ3v) is 1.68. The van der Waals surface area contributed by atoms with Crippen molar-refractivity contribution >= 4 is 5.84 Å². The van der Waals surface area contributed by atoms with Gasteiger partial charge >= 0.3 is 0 Å². The highest BCUT2D eigenvalue weighted by atomic mass is 16.5. The minimum Gasteiger partial charge on any atom is -0.480 e. The lowest BCUT2D eigenvalue weighted by Crippen LogP contribution is -2.16. The molecule has 1 heterocycles. The summed E-state index contributed by atoms with van der Waals surface area (Å²) >= 11 is 0. The average molecular weight is 181 g/mol. The second-order valence-electron chi connectivity index (χ2n) is 2.50.